The Bertz CT molecular complexity index is 4680. The second-order valence-corrected chi connectivity index (χ2v) is 35.5. The molecule has 4 N–H and O–H groups in total. The van der Waals surface area contributed by atoms with E-state index in [-0.39, 0.29) is 23.6 Å². The molecule has 16 rings (SSSR count). The molecular formula is C88H113Br2Cl5N16O6. The van der Waals surface area contributed by atoms with Crippen LogP contribution in [0.4, 0.5) is 0 Å². The Morgan fingerprint density at radius 2 is 0.786 bits per heavy atom. The highest BCUT2D eigenvalue weighted by Gasteiger charge is 2.34. The summed E-state index contributed by atoms with van der Waals surface area (Å²) in [6, 6.07) is 24.7. The van der Waals surface area contributed by atoms with Gasteiger partial charge in [-0.2, -0.15) is 20.4 Å². The number of hydrogen-bond acceptors (Lipinski definition) is 14. The van der Waals surface area contributed by atoms with E-state index in [1.54, 1.807) is 0 Å². The molecule has 10 heterocycles. The number of rotatable bonds is 28. The maximum atomic E-state index is 13.2. The lowest BCUT2D eigenvalue weighted by Crippen LogP contribution is -2.45. The normalized spacial score (nSPS) is 16.2. The number of furan rings is 1. The number of nitrogens with one attached hydrogen (secondary N) is 4. The predicted molar refractivity (Wildman–Crippen MR) is 476 cm³/mol. The van der Waals surface area contributed by atoms with Crippen LogP contribution < -0.4 is 26.4 Å². The number of hydrazine groups is 4. The van der Waals surface area contributed by atoms with Gasteiger partial charge in [-0.1, -0.05) is 113 Å². The topological polar surface area (TPSA) is 223 Å². The Morgan fingerprint density at radius 1 is 0.402 bits per heavy atom. The van der Waals surface area contributed by atoms with Gasteiger partial charge in [-0.25, -0.2) is 20.0 Å². The number of fused-ring (bicyclic) bond motifs is 12. The van der Waals surface area contributed by atoms with Gasteiger partial charge in [0, 0.05) is 155 Å². The number of alkyl halides is 4. The van der Waals surface area contributed by atoms with Crippen LogP contribution in [-0.4, -0.2) is 159 Å². The van der Waals surface area contributed by atoms with Crippen LogP contribution >= 0.6 is 89.9 Å². The first-order chi connectivity index (χ1) is 57.2. The van der Waals surface area contributed by atoms with E-state index in [4.69, 9.17) is 82.5 Å². The molecule has 29 heteroatoms. The molecule has 0 atom stereocenters. The van der Waals surface area contributed by atoms with E-state index in [1.807, 2.05) is 66.3 Å². The summed E-state index contributed by atoms with van der Waals surface area (Å²) in [4.78, 5) is 52.4. The number of aromatic nitrogens is 8. The smallest absolute Gasteiger partial charge is 0.289 e. The first-order valence-corrected chi connectivity index (χ1v) is 47.0. The van der Waals surface area contributed by atoms with Crippen molar-refractivity contribution in [1.29, 1.82) is 0 Å². The molecule has 0 unspecified atom stereocenters. The lowest BCUT2D eigenvalue weighted by atomic mass is 10.0. The Labute approximate surface area is 729 Å². The molecule has 0 radical (unpaired) electrons. The van der Waals surface area contributed by atoms with Crippen molar-refractivity contribution in [2.45, 2.75) is 232 Å². The average Bonchev–Trinajstić information content (AvgIpc) is 1.66. The predicted octanol–water partition coefficient (Wildman–Crippen LogP) is 19.9. The number of carbonyl (C=O) groups excluding carboxylic acids is 4. The van der Waals surface area contributed by atoms with E-state index in [2.05, 4.69) is 111 Å². The van der Waals surface area contributed by atoms with Gasteiger partial charge < -0.3 is 9.15 Å². The molecule has 630 valence electrons. The molecule has 117 heavy (non-hydrogen) atoms. The summed E-state index contributed by atoms with van der Waals surface area (Å²) in [5.74, 6) is 3.06. The average molecular weight is 1830 g/mol. The first-order valence-electron chi connectivity index (χ1n) is 42.9. The monoisotopic (exact) mass is 1820 g/mol. The summed E-state index contributed by atoms with van der Waals surface area (Å²) in [6.45, 7) is 12.7. The van der Waals surface area contributed by atoms with Crippen molar-refractivity contribution in [2.24, 2.45) is 0 Å². The molecule has 5 aromatic heterocycles. The zero-order valence-electron chi connectivity index (χ0n) is 67.6. The van der Waals surface area contributed by atoms with Crippen molar-refractivity contribution in [2.75, 3.05) is 75.9 Å². The second-order valence-electron chi connectivity index (χ2n) is 31.7. The van der Waals surface area contributed by atoms with E-state index in [0.29, 0.717) is 58.5 Å². The highest BCUT2D eigenvalue weighted by atomic mass is 79.9. The summed E-state index contributed by atoms with van der Waals surface area (Å²) >= 11 is 36.7. The van der Waals surface area contributed by atoms with E-state index in [9.17, 15) is 19.2 Å². The van der Waals surface area contributed by atoms with Crippen molar-refractivity contribution < 1.29 is 28.3 Å². The number of amides is 4. The van der Waals surface area contributed by atoms with Gasteiger partial charge in [0.25, 0.3) is 23.6 Å². The lowest BCUT2D eigenvalue weighted by molar-refractivity contribution is 0.0735. The summed E-state index contributed by atoms with van der Waals surface area (Å²) in [7, 11) is 0. The minimum Gasteiger partial charge on any atom is -0.488 e. The quantitative estimate of drug-likeness (QED) is 0.0265. The third kappa shape index (κ3) is 23.0. The highest BCUT2D eigenvalue weighted by Crippen LogP contribution is 2.43. The lowest BCUT2D eigenvalue weighted by Gasteiger charge is -2.26. The highest BCUT2D eigenvalue weighted by molar-refractivity contribution is 9.10. The Hall–Kier alpha value is -6.55. The number of benzene rings is 4. The fourth-order valence-corrected chi connectivity index (χ4v) is 18.7. The Balaban J connectivity index is 0.000000136. The van der Waals surface area contributed by atoms with Crippen LogP contribution in [0.3, 0.4) is 0 Å². The fourth-order valence-electron chi connectivity index (χ4n) is 17.0. The van der Waals surface area contributed by atoms with Crippen LogP contribution in [0.5, 0.6) is 5.75 Å². The maximum absolute atomic E-state index is 13.2. The molecule has 4 fully saturated rings. The molecule has 0 saturated carbocycles. The number of nitrogens with zero attached hydrogens (tertiary/aromatic N) is 12. The van der Waals surface area contributed by atoms with Crippen LogP contribution in [0.2, 0.25) is 5.02 Å². The Morgan fingerprint density at radius 3 is 1.24 bits per heavy atom. The molecule has 4 saturated heterocycles. The van der Waals surface area contributed by atoms with Crippen LogP contribution in [0.25, 0.3) is 55.8 Å². The van der Waals surface area contributed by atoms with E-state index in [0.717, 1.165) is 332 Å². The molecule has 0 spiro atoms. The molecule has 2 aliphatic carbocycles. The van der Waals surface area contributed by atoms with Gasteiger partial charge >= 0.3 is 0 Å². The van der Waals surface area contributed by atoms with Crippen LogP contribution in [0, 0.1) is 6.92 Å². The van der Waals surface area contributed by atoms with Crippen LogP contribution in [-0.2, 0) is 58.5 Å². The zero-order chi connectivity index (χ0) is 81.6. The SMILES string of the molecule is Cc1ccc2c(c1)oc1c(C(=O)NN3CCCCC3)nn(CCCCCCl)c12.O=C(NN1CCCCC1)c1nn(CCCCCCl)c2c1CCCc1cc(Br)ccc1-2.O=C(NN1CCCCC1)c1nn(CCCCCCl)c2c1CCCc1cc(Cl)ccc1-2.O=C(NN1CCCCC1)c1nn(CCCCCCl)c2c1COc1cc(Br)ccc1-2. The number of ether oxygens (including phenoxy) is 1. The van der Waals surface area contributed by atoms with Gasteiger partial charge in [-0.3, -0.25) is 59.6 Å². The number of carbonyl (C=O) groups is 4. The molecular weight excluding hydrogens is 1710 g/mol. The summed E-state index contributed by atoms with van der Waals surface area (Å²) in [6.07, 6.45) is 31.7. The molecule has 7 aliphatic rings. The summed E-state index contributed by atoms with van der Waals surface area (Å²) < 4.78 is 22.2. The minimum absolute atomic E-state index is 0.0618. The number of hydrogen-bond donors (Lipinski definition) is 4. The molecule has 5 aliphatic heterocycles. The van der Waals surface area contributed by atoms with Gasteiger partial charge in [-0.15, -0.1) is 46.4 Å². The third-order valence-corrected chi connectivity index (χ3v) is 25.3. The summed E-state index contributed by atoms with van der Waals surface area (Å²) in [5.41, 5.74) is 29.9. The molecule has 0 bridgehead atoms. The van der Waals surface area contributed by atoms with E-state index < -0.39 is 0 Å². The standard InChI is InChI=1S/C23H30BrClN4O.C23H30Cl2N4O.C21H26BrClN4O2.C21H27ClN4O2/c24-18-10-11-19-17(16-18)8-7-9-20-21(23(30)27-28-13-4-2-5-14-28)26-29(22(19)20)15-6-1-3-12-25;24-12-3-1-6-15-29-22-19-11-10-18(25)16-17(19)8-7-9-20(22)21(26-29)23(30)27-28-13-4-2-5-14-28;22-15-7-8-16-18(13-15)29-14-17-19(21(28)25-26-10-4-2-5-11-26)24-27(20(16)17)12-6-1-3-9-23;1-15-8-9-16-17(14-15)28-20-18(21(27)24-25-11-5-3-6-12-25)23-26(19(16)20)13-7-2-4-10-22/h2*10-11,16H,1-9,12-15H2,(H,27,30);7-8,13H,1-6,9-12,14H2,(H,25,28);8-9,14H,2-7,10-13H2,1H3,(H,24,27). The van der Waals surface area contributed by atoms with Crippen LogP contribution in [0.1, 0.15) is 242 Å². The fraction of sp³-hybridized carbons (Fsp3) is 0.545. The number of piperidine rings is 4. The van der Waals surface area contributed by atoms with Crippen molar-refractivity contribution in [3.05, 3.63) is 143 Å². The van der Waals surface area contributed by atoms with Gasteiger partial charge in [0.1, 0.15) is 23.5 Å². The van der Waals surface area contributed by atoms with E-state index >= 15 is 0 Å². The first kappa shape index (κ1) is 88.2. The minimum atomic E-state index is -0.192. The molecule has 22 nitrogen and oxygen atoms in total. The van der Waals surface area contributed by atoms with Gasteiger partial charge in [-0.05, 0) is 219 Å². The molecule has 9 aromatic rings. The van der Waals surface area contributed by atoms with Crippen molar-refractivity contribution >= 4 is 136 Å². The van der Waals surface area contributed by atoms with Gasteiger partial charge in [0.2, 0.25) is 0 Å². The number of halogens is 7. The van der Waals surface area contributed by atoms with Gasteiger partial charge in [0.15, 0.2) is 28.4 Å². The maximum Gasteiger partial charge on any atom is 0.289 e. The summed E-state index contributed by atoms with van der Waals surface area (Å²) in [5, 5.41) is 28.9. The van der Waals surface area contributed by atoms with Gasteiger partial charge in [0.05, 0.1) is 17.1 Å². The van der Waals surface area contributed by atoms with Crippen molar-refractivity contribution in [3.63, 3.8) is 0 Å². The van der Waals surface area contributed by atoms with E-state index in [1.165, 1.54) is 42.4 Å². The number of unbranched alkanes of at least 4 members (excludes halogenated alkanes) is 8. The van der Waals surface area contributed by atoms with Crippen LogP contribution in [0.15, 0.2) is 86.2 Å². The Kier molecular flexibility index (Phi) is 33.4. The van der Waals surface area contributed by atoms with Crippen molar-refractivity contribution in [3.8, 4) is 39.5 Å². The molecule has 4 amide bonds. The number of aryl methyl sites for hydroxylation is 7. The van der Waals surface area contributed by atoms with Crippen molar-refractivity contribution in [1.82, 2.24) is 80.9 Å². The largest absolute Gasteiger partial charge is 0.488 e. The molecule has 4 aromatic carbocycles. The zero-order valence-corrected chi connectivity index (χ0v) is 74.6. The second kappa shape index (κ2) is 44.3. The third-order valence-electron chi connectivity index (χ3n) is 23.0.